The maximum atomic E-state index is 15.4. The number of piperidine rings is 1. The average Bonchev–Trinajstić information content (AvgIpc) is 3.48. The van der Waals surface area contributed by atoms with Crippen LogP contribution in [0, 0.1) is 17.5 Å². The number of halogens is 3. The van der Waals surface area contributed by atoms with Crippen molar-refractivity contribution in [2.75, 3.05) is 6.54 Å². The van der Waals surface area contributed by atoms with E-state index in [9.17, 15) is 28.0 Å². The molecule has 6 rings (SSSR count). The van der Waals surface area contributed by atoms with Crippen LogP contribution in [-0.2, 0) is 25.7 Å². The fourth-order valence-electron chi connectivity index (χ4n) is 5.15. The van der Waals surface area contributed by atoms with Gasteiger partial charge in [0.15, 0.2) is 5.82 Å². The van der Waals surface area contributed by atoms with Crippen molar-refractivity contribution in [1.29, 1.82) is 0 Å². The zero-order valence-electron chi connectivity index (χ0n) is 20.6. The molecule has 0 spiro atoms. The summed E-state index contributed by atoms with van der Waals surface area (Å²) in [7, 11) is 0. The maximum Gasteiger partial charge on any atom is 0.278 e. The van der Waals surface area contributed by atoms with Gasteiger partial charge in [-0.25, -0.2) is 13.2 Å². The Labute approximate surface area is 223 Å². The molecule has 1 N–H and O–H groups in total. The summed E-state index contributed by atoms with van der Waals surface area (Å²) >= 11 is 0. The molecule has 11 nitrogen and oxygen atoms in total. The van der Waals surface area contributed by atoms with Crippen molar-refractivity contribution in [2.45, 2.75) is 38.3 Å². The summed E-state index contributed by atoms with van der Waals surface area (Å²) in [4.78, 5) is 60.7. The standard InChI is InChI=1S/C26H19F3N6O5/c27-12-9-16(28)21(30-10-12)13-3-1-4-14(20(13)29)23-32-19(40-33-23)11-34-8-2-5-15-22(34)26(39)35(25(15)38)17-6-7-18(36)31-24(17)37/h1,3-4,9-10,17H,2,5-8,11H2,(H,31,36,37). The van der Waals surface area contributed by atoms with Crippen LogP contribution < -0.4 is 5.32 Å². The monoisotopic (exact) mass is 552 g/mol. The first-order valence-corrected chi connectivity index (χ1v) is 12.4. The summed E-state index contributed by atoms with van der Waals surface area (Å²) in [6.07, 6.45) is 1.69. The van der Waals surface area contributed by atoms with E-state index in [4.69, 9.17) is 4.52 Å². The van der Waals surface area contributed by atoms with E-state index in [2.05, 4.69) is 20.4 Å². The highest BCUT2D eigenvalue weighted by Gasteiger charge is 2.48. The lowest BCUT2D eigenvalue weighted by atomic mass is 10.0. The predicted molar refractivity (Wildman–Crippen MR) is 128 cm³/mol. The van der Waals surface area contributed by atoms with Gasteiger partial charge in [-0.15, -0.1) is 0 Å². The van der Waals surface area contributed by atoms with E-state index < -0.39 is 47.1 Å². The van der Waals surface area contributed by atoms with Crippen molar-refractivity contribution in [1.82, 2.24) is 30.2 Å². The molecule has 14 heteroatoms. The van der Waals surface area contributed by atoms with Crippen molar-refractivity contribution < 1.29 is 36.9 Å². The summed E-state index contributed by atoms with van der Waals surface area (Å²) in [5, 5.41) is 5.98. The Bertz CT molecular complexity index is 1640. The molecule has 40 heavy (non-hydrogen) atoms. The summed E-state index contributed by atoms with van der Waals surface area (Å²) < 4.78 is 48.2. The minimum absolute atomic E-state index is 0.00817. The molecule has 204 valence electrons. The molecule has 3 aliphatic heterocycles. The van der Waals surface area contributed by atoms with E-state index in [1.807, 2.05) is 0 Å². The van der Waals surface area contributed by atoms with Gasteiger partial charge in [0, 0.05) is 30.2 Å². The number of aromatic nitrogens is 3. The van der Waals surface area contributed by atoms with Gasteiger partial charge in [0.05, 0.1) is 18.3 Å². The number of hydrogen-bond donors (Lipinski definition) is 1. The smallest absolute Gasteiger partial charge is 0.278 e. The molecule has 4 amide bonds. The van der Waals surface area contributed by atoms with Gasteiger partial charge in [0.1, 0.15) is 29.1 Å². The lowest BCUT2D eigenvalue weighted by Crippen LogP contribution is -2.55. The van der Waals surface area contributed by atoms with Gasteiger partial charge in [-0.1, -0.05) is 11.2 Å². The molecule has 1 unspecified atom stereocenters. The number of nitrogens with one attached hydrogen (secondary N) is 1. The predicted octanol–water partition coefficient (Wildman–Crippen LogP) is 2.24. The van der Waals surface area contributed by atoms with Gasteiger partial charge in [0.25, 0.3) is 11.8 Å². The summed E-state index contributed by atoms with van der Waals surface area (Å²) in [5.74, 6) is -5.37. The molecule has 1 aromatic carbocycles. The van der Waals surface area contributed by atoms with Crippen molar-refractivity contribution in [2.24, 2.45) is 0 Å². The van der Waals surface area contributed by atoms with Gasteiger partial charge in [-0.3, -0.25) is 34.4 Å². The van der Waals surface area contributed by atoms with Crippen LogP contribution in [0.4, 0.5) is 13.2 Å². The molecule has 0 bridgehead atoms. The third-order valence-electron chi connectivity index (χ3n) is 6.97. The topological polar surface area (TPSA) is 139 Å². The molecule has 0 saturated carbocycles. The largest absolute Gasteiger partial charge is 0.357 e. The van der Waals surface area contributed by atoms with E-state index in [-0.39, 0.29) is 59.2 Å². The Kier molecular flexibility index (Phi) is 6.16. The van der Waals surface area contributed by atoms with Crippen LogP contribution in [0.3, 0.4) is 0 Å². The molecule has 3 aliphatic rings. The Morgan fingerprint density at radius 1 is 1.05 bits per heavy atom. The third-order valence-corrected chi connectivity index (χ3v) is 6.97. The first kappa shape index (κ1) is 25.4. The van der Waals surface area contributed by atoms with Gasteiger partial charge in [-0.2, -0.15) is 4.98 Å². The molecule has 3 aromatic rings. The molecule has 0 aliphatic carbocycles. The summed E-state index contributed by atoms with van der Waals surface area (Å²) in [5.41, 5.74) is -0.356. The van der Waals surface area contributed by atoms with Gasteiger partial charge < -0.3 is 9.42 Å². The fraction of sp³-hybridized carbons (Fsp3) is 0.269. The Morgan fingerprint density at radius 2 is 1.85 bits per heavy atom. The van der Waals surface area contributed by atoms with Crippen molar-refractivity contribution >= 4 is 23.6 Å². The maximum absolute atomic E-state index is 15.4. The molecular formula is C26H19F3N6O5. The molecule has 5 heterocycles. The van der Waals surface area contributed by atoms with E-state index in [1.54, 1.807) is 4.90 Å². The van der Waals surface area contributed by atoms with Crippen LogP contribution >= 0.6 is 0 Å². The fourth-order valence-corrected chi connectivity index (χ4v) is 5.15. The third kappa shape index (κ3) is 4.21. The van der Waals surface area contributed by atoms with Crippen LogP contribution in [-0.4, -0.2) is 61.1 Å². The number of amides is 4. The van der Waals surface area contributed by atoms with Gasteiger partial charge in [-0.05, 0) is 31.4 Å². The van der Waals surface area contributed by atoms with Crippen LogP contribution in [0.1, 0.15) is 31.6 Å². The lowest BCUT2D eigenvalue weighted by molar-refractivity contribution is -0.150. The number of benzene rings is 1. The van der Waals surface area contributed by atoms with Crippen molar-refractivity contribution in [3.63, 3.8) is 0 Å². The van der Waals surface area contributed by atoms with E-state index in [0.717, 1.165) is 11.1 Å². The number of imide groups is 2. The number of pyridine rings is 1. The number of hydrogen-bond acceptors (Lipinski definition) is 9. The second kappa shape index (κ2) is 9.70. The lowest BCUT2D eigenvalue weighted by Gasteiger charge is -2.29. The number of carbonyl (C=O) groups excluding carboxylic acids is 4. The molecule has 1 fully saturated rings. The minimum Gasteiger partial charge on any atom is -0.357 e. The Balaban J connectivity index is 1.25. The minimum atomic E-state index is -1.09. The average molecular weight is 552 g/mol. The summed E-state index contributed by atoms with van der Waals surface area (Å²) in [6, 6.07) is 3.58. The van der Waals surface area contributed by atoms with E-state index >= 15 is 4.39 Å². The second-order valence-corrected chi connectivity index (χ2v) is 9.46. The second-order valence-electron chi connectivity index (χ2n) is 9.46. The van der Waals surface area contributed by atoms with Crippen molar-refractivity contribution in [3.05, 3.63) is 65.1 Å². The highest BCUT2D eigenvalue weighted by atomic mass is 19.1. The summed E-state index contributed by atoms with van der Waals surface area (Å²) in [6.45, 7) is 0.293. The normalized spacial score (nSPS) is 19.4. The highest BCUT2D eigenvalue weighted by molar-refractivity contribution is 6.21. The molecule has 0 radical (unpaired) electrons. The molecule has 1 saturated heterocycles. The number of carbonyl (C=O) groups is 4. The van der Waals surface area contributed by atoms with Crippen molar-refractivity contribution in [3.8, 4) is 22.6 Å². The Hall–Kier alpha value is -4.88. The van der Waals surface area contributed by atoms with Crippen LogP contribution in [0.25, 0.3) is 22.6 Å². The zero-order chi connectivity index (χ0) is 28.1. The molecule has 2 aromatic heterocycles. The number of nitrogens with zero attached hydrogens (tertiary/aromatic N) is 5. The van der Waals surface area contributed by atoms with Gasteiger partial charge >= 0.3 is 0 Å². The Morgan fingerprint density at radius 3 is 2.62 bits per heavy atom. The molecular weight excluding hydrogens is 533 g/mol. The molecule has 1 atom stereocenters. The van der Waals surface area contributed by atoms with Gasteiger partial charge in [0.2, 0.25) is 23.5 Å². The first-order chi connectivity index (χ1) is 19.2. The first-order valence-electron chi connectivity index (χ1n) is 12.4. The van der Waals surface area contributed by atoms with Crippen LogP contribution in [0.5, 0.6) is 0 Å². The zero-order valence-corrected chi connectivity index (χ0v) is 20.6. The quantitative estimate of drug-likeness (QED) is 0.472. The van der Waals surface area contributed by atoms with Crippen LogP contribution in [0.15, 0.2) is 46.3 Å². The highest BCUT2D eigenvalue weighted by Crippen LogP contribution is 2.35. The van der Waals surface area contributed by atoms with Crippen LogP contribution in [0.2, 0.25) is 0 Å². The van der Waals surface area contributed by atoms with E-state index in [0.29, 0.717) is 25.5 Å². The number of rotatable bonds is 5. The SMILES string of the molecule is O=C1CCC(N2C(=O)C3=C(C2=O)N(Cc2nc(-c4cccc(-c5ncc(F)cc5F)c4F)no2)CCC3)C(=O)N1. The van der Waals surface area contributed by atoms with E-state index in [1.165, 1.54) is 18.2 Å².